The molecule has 2 aromatic carbocycles. The number of alkyl halides is 3. The Morgan fingerprint density at radius 2 is 1.85 bits per heavy atom. The van der Waals surface area contributed by atoms with E-state index in [0.29, 0.717) is 22.1 Å². The van der Waals surface area contributed by atoms with Gasteiger partial charge in [0.05, 0.1) is 5.69 Å². The van der Waals surface area contributed by atoms with Crippen molar-refractivity contribution in [3.05, 3.63) is 94.0 Å². The molecule has 5 aromatic rings. The number of aromatic nitrogens is 3. The predicted molar refractivity (Wildman–Crippen MR) is 141 cm³/mol. The summed E-state index contributed by atoms with van der Waals surface area (Å²) in [6.45, 7) is -0.0552. The van der Waals surface area contributed by atoms with Gasteiger partial charge < -0.3 is 15.8 Å². The smallest absolute Gasteiger partial charge is 0.433 e. The summed E-state index contributed by atoms with van der Waals surface area (Å²) in [4.78, 5) is 28.7. The molecule has 0 saturated heterocycles. The largest absolute Gasteiger partial charge is 0.471 e. The molecule has 3 N–H and O–H groups in total. The Kier molecular flexibility index (Phi) is 7.17. The van der Waals surface area contributed by atoms with Crippen LogP contribution >= 0.6 is 22.9 Å². The van der Waals surface area contributed by atoms with E-state index in [1.165, 1.54) is 29.1 Å². The molecule has 0 unspecified atom stereocenters. The van der Waals surface area contributed by atoms with Crippen LogP contribution in [0.3, 0.4) is 0 Å². The van der Waals surface area contributed by atoms with Gasteiger partial charge in [-0.2, -0.15) is 18.3 Å². The minimum atomic E-state index is -4.82. The van der Waals surface area contributed by atoms with Crippen LogP contribution in [-0.4, -0.2) is 26.6 Å². The topological polar surface area (TPSA) is 112 Å². The molecule has 2 amide bonds. The number of ether oxygens (including phenoxy) is 1. The summed E-state index contributed by atoms with van der Waals surface area (Å²) < 4.78 is 61.5. The van der Waals surface area contributed by atoms with Gasteiger partial charge in [0.1, 0.15) is 27.0 Å². The van der Waals surface area contributed by atoms with Crippen molar-refractivity contribution in [2.75, 3.05) is 5.32 Å². The number of primary amides is 1. The SMILES string of the molecule is NC(=O)c1sc2nc(C(F)(F)F)cc(-c3ccc(F)cc3)c2c1NC(=O)c1ccn(COc2cccc(Cl)c2)n1. The third kappa shape index (κ3) is 5.60. The number of nitrogens with zero attached hydrogens (tertiary/aromatic N) is 3. The summed E-state index contributed by atoms with van der Waals surface area (Å²) in [7, 11) is 0. The average Bonchev–Trinajstić information content (AvgIpc) is 3.52. The van der Waals surface area contributed by atoms with Gasteiger partial charge in [-0.25, -0.2) is 14.1 Å². The third-order valence-electron chi connectivity index (χ3n) is 5.60. The van der Waals surface area contributed by atoms with Gasteiger partial charge in [0.15, 0.2) is 12.4 Å². The number of rotatable bonds is 7. The van der Waals surface area contributed by atoms with Gasteiger partial charge in [-0.05, 0) is 53.6 Å². The second-order valence-corrected chi connectivity index (χ2v) is 9.77. The van der Waals surface area contributed by atoms with E-state index in [4.69, 9.17) is 22.1 Å². The average molecular weight is 590 g/mol. The van der Waals surface area contributed by atoms with E-state index >= 15 is 0 Å². The number of carbonyl (C=O) groups is 2. The van der Waals surface area contributed by atoms with Gasteiger partial charge >= 0.3 is 6.18 Å². The molecule has 3 heterocycles. The molecule has 3 aromatic heterocycles. The van der Waals surface area contributed by atoms with Gasteiger partial charge in [0.2, 0.25) is 0 Å². The zero-order valence-electron chi connectivity index (χ0n) is 20.0. The number of hydrogen-bond acceptors (Lipinski definition) is 6. The van der Waals surface area contributed by atoms with Crippen LogP contribution in [0.25, 0.3) is 21.3 Å². The first-order valence-corrected chi connectivity index (χ1v) is 12.5. The van der Waals surface area contributed by atoms with Crippen LogP contribution in [0, 0.1) is 5.82 Å². The first-order chi connectivity index (χ1) is 19.0. The minimum absolute atomic E-state index is 0.0307. The number of nitrogens with one attached hydrogen (secondary N) is 1. The van der Waals surface area contributed by atoms with Crippen molar-refractivity contribution in [1.29, 1.82) is 0 Å². The number of benzene rings is 2. The van der Waals surface area contributed by atoms with Crippen molar-refractivity contribution in [2.24, 2.45) is 5.73 Å². The maximum Gasteiger partial charge on any atom is 0.433 e. The summed E-state index contributed by atoms with van der Waals surface area (Å²) in [5, 5.41) is 7.21. The van der Waals surface area contributed by atoms with Crippen LogP contribution in [-0.2, 0) is 12.9 Å². The Hall–Kier alpha value is -4.49. The van der Waals surface area contributed by atoms with E-state index in [2.05, 4.69) is 15.4 Å². The molecule has 0 saturated carbocycles. The van der Waals surface area contributed by atoms with Crippen LogP contribution in [0.15, 0.2) is 66.9 Å². The molecule has 0 bridgehead atoms. The maximum absolute atomic E-state index is 13.7. The highest BCUT2D eigenvalue weighted by Crippen LogP contribution is 2.43. The summed E-state index contributed by atoms with van der Waals surface area (Å²) in [5.41, 5.74) is 4.24. The molecular formula is C26H16ClF4N5O3S. The fourth-order valence-electron chi connectivity index (χ4n) is 3.82. The molecule has 0 spiro atoms. The molecular weight excluding hydrogens is 574 g/mol. The van der Waals surface area contributed by atoms with E-state index in [0.717, 1.165) is 18.2 Å². The van der Waals surface area contributed by atoms with Gasteiger partial charge in [-0.1, -0.05) is 29.8 Å². The quantitative estimate of drug-likeness (QED) is 0.215. The number of fused-ring (bicyclic) bond motifs is 1. The number of hydrogen-bond donors (Lipinski definition) is 2. The normalized spacial score (nSPS) is 11.5. The van der Waals surface area contributed by atoms with Gasteiger partial charge in [0, 0.05) is 16.6 Å². The molecule has 8 nitrogen and oxygen atoms in total. The fourth-order valence-corrected chi connectivity index (χ4v) is 5.01. The summed E-state index contributed by atoms with van der Waals surface area (Å²) in [6.07, 6.45) is -3.34. The lowest BCUT2D eigenvalue weighted by Crippen LogP contribution is -2.18. The highest BCUT2D eigenvalue weighted by Gasteiger charge is 2.35. The van der Waals surface area contributed by atoms with Crippen LogP contribution in [0.4, 0.5) is 23.2 Å². The van der Waals surface area contributed by atoms with Crippen LogP contribution < -0.4 is 15.8 Å². The van der Waals surface area contributed by atoms with Crippen LogP contribution in [0.5, 0.6) is 5.75 Å². The molecule has 0 atom stereocenters. The molecule has 0 aliphatic carbocycles. The highest BCUT2D eigenvalue weighted by atomic mass is 35.5. The number of pyridine rings is 1. The highest BCUT2D eigenvalue weighted by molar-refractivity contribution is 7.21. The van der Waals surface area contributed by atoms with Crippen molar-refractivity contribution in [3.8, 4) is 16.9 Å². The molecule has 0 fully saturated rings. The molecule has 0 aliphatic rings. The molecule has 204 valence electrons. The lowest BCUT2D eigenvalue weighted by molar-refractivity contribution is -0.140. The zero-order valence-corrected chi connectivity index (χ0v) is 21.6. The molecule has 0 radical (unpaired) electrons. The number of halogens is 5. The number of nitrogens with two attached hydrogens (primary N) is 1. The van der Waals surface area contributed by atoms with E-state index in [9.17, 15) is 27.2 Å². The Bertz CT molecular complexity index is 1750. The molecule has 14 heteroatoms. The summed E-state index contributed by atoms with van der Waals surface area (Å²) in [6, 6.07) is 13.5. The summed E-state index contributed by atoms with van der Waals surface area (Å²) >= 11 is 6.53. The van der Waals surface area contributed by atoms with Crippen molar-refractivity contribution in [3.63, 3.8) is 0 Å². The summed E-state index contributed by atoms with van der Waals surface area (Å²) in [5.74, 6) is -1.88. The first-order valence-electron chi connectivity index (χ1n) is 11.3. The van der Waals surface area contributed by atoms with E-state index in [1.807, 2.05) is 0 Å². The molecule has 40 heavy (non-hydrogen) atoms. The number of anilines is 1. The van der Waals surface area contributed by atoms with Crippen molar-refractivity contribution in [1.82, 2.24) is 14.8 Å². The van der Waals surface area contributed by atoms with E-state index < -0.39 is 29.5 Å². The monoisotopic (exact) mass is 589 g/mol. The standard InChI is InChI=1S/C26H16ClF4N5O3S/c27-14-2-1-3-16(10-14)39-12-36-9-8-18(35-36)24(38)34-21-20-17(13-4-6-15(28)7-5-13)11-19(26(29,30)31)33-25(20)40-22(21)23(32)37/h1-11H,12H2,(H2,32,37)(H,34,38). The molecule has 0 aliphatic heterocycles. The number of amides is 2. The number of carbonyl (C=O) groups excluding carboxylic acids is 2. The lowest BCUT2D eigenvalue weighted by Gasteiger charge is -2.12. The third-order valence-corrected chi connectivity index (χ3v) is 6.94. The Labute approximate surface area is 232 Å². The zero-order chi connectivity index (χ0) is 28.6. The Balaban J connectivity index is 1.52. The van der Waals surface area contributed by atoms with Crippen LogP contribution in [0.1, 0.15) is 25.9 Å². The second kappa shape index (κ2) is 10.6. The van der Waals surface area contributed by atoms with E-state index in [1.54, 1.807) is 24.3 Å². The fraction of sp³-hybridized carbons (Fsp3) is 0.0769. The van der Waals surface area contributed by atoms with Gasteiger partial charge in [-0.15, -0.1) is 11.3 Å². The number of thiophene rings is 1. The first kappa shape index (κ1) is 27.1. The Morgan fingerprint density at radius 1 is 1.10 bits per heavy atom. The second-order valence-electron chi connectivity index (χ2n) is 8.34. The van der Waals surface area contributed by atoms with Gasteiger partial charge in [-0.3, -0.25) is 9.59 Å². The minimum Gasteiger partial charge on any atom is -0.471 e. The van der Waals surface area contributed by atoms with Crippen molar-refractivity contribution in [2.45, 2.75) is 12.9 Å². The van der Waals surface area contributed by atoms with Crippen molar-refractivity contribution < 1.29 is 31.9 Å². The lowest BCUT2D eigenvalue weighted by atomic mass is 10.0. The molecule has 5 rings (SSSR count). The Morgan fingerprint density at radius 3 is 2.52 bits per heavy atom. The van der Waals surface area contributed by atoms with E-state index in [-0.39, 0.29) is 44.3 Å². The van der Waals surface area contributed by atoms with Gasteiger partial charge in [0.25, 0.3) is 11.8 Å². The predicted octanol–water partition coefficient (Wildman–Crippen LogP) is 6.36. The van der Waals surface area contributed by atoms with Crippen LogP contribution in [0.2, 0.25) is 5.02 Å². The van der Waals surface area contributed by atoms with Crippen molar-refractivity contribution >= 4 is 50.7 Å². The maximum atomic E-state index is 13.7.